The second-order valence-corrected chi connectivity index (χ2v) is 6.21. The number of hydrogen-bond donors (Lipinski definition) is 2. The summed E-state index contributed by atoms with van der Waals surface area (Å²) in [7, 11) is 1.52. The highest BCUT2D eigenvalue weighted by Crippen LogP contribution is 2.30. The van der Waals surface area contributed by atoms with Crippen LogP contribution in [0.25, 0.3) is 0 Å². The summed E-state index contributed by atoms with van der Waals surface area (Å²) in [5, 5.41) is 5.95. The number of carbonyl (C=O) groups is 1. The number of amides is 1. The highest BCUT2D eigenvalue weighted by atomic mass is 19.4. The molecule has 0 saturated heterocycles. The Kier molecular flexibility index (Phi) is 7.38. The predicted octanol–water partition coefficient (Wildman–Crippen LogP) is 4.18. The summed E-state index contributed by atoms with van der Waals surface area (Å²) >= 11 is 0. The molecule has 4 nitrogen and oxygen atoms in total. The molecule has 1 atom stereocenters. The number of nitrogens with one attached hydrogen (secondary N) is 2. The third kappa shape index (κ3) is 6.69. The zero-order valence-corrected chi connectivity index (χ0v) is 15.3. The van der Waals surface area contributed by atoms with Gasteiger partial charge in [0, 0.05) is 19.7 Å². The van der Waals surface area contributed by atoms with Crippen molar-refractivity contribution in [2.75, 3.05) is 25.6 Å². The van der Waals surface area contributed by atoms with E-state index in [1.54, 1.807) is 6.07 Å². The fourth-order valence-corrected chi connectivity index (χ4v) is 2.72. The normalized spacial score (nSPS) is 12.6. The molecule has 7 heteroatoms. The Balaban J connectivity index is 1.97. The lowest BCUT2D eigenvalue weighted by molar-refractivity contribution is -0.137. The van der Waals surface area contributed by atoms with Gasteiger partial charge in [-0.05, 0) is 48.4 Å². The van der Waals surface area contributed by atoms with Gasteiger partial charge in [-0.1, -0.05) is 24.3 Å². The lowest BCUT2D eigenvalue weighted by atomic mass is 10.0. The van der Waals surface area contributed by atoms with E-state index in [0.717, 1.165) is 23.4 Å². The molecule has 0 aromatic heterocycles. The molecule has 0 aliphatic carbocycles. The van der Waals surface area contributed by atoms with Crippen molar-refractivity contribution < 1.29 is 22.7 Å². The summed E-state index contributed by atoms with van der Waals surface area (Å²) in [5.41, 5.74) is 1.64. The van der Waals surface area contributed by atoms with Gasteiger partial charge in [0.05, 0.1) is 18.2 Å². The first-order valence-corrected chi connectivity index (χ1v) is 8.55. The standard InChI is InChI=1S/C20H23F3N2O2/c1-14(26)25-18-8-6-15(7-9-18)10-11-24-19(13-27-2)16-4-3-5-17(12-16)20(21,22)23/h3-9,12,19,24H,10-11,13H2,1-2H3,(H,25,26)/t19-/m0/s1. The van der Waals surface area contributed by atoms with E-state index in [-0.39, 0.29) is 18.6 Å². The van der Waals surface area contributed by atoms with Gasteiger partial charge in [0.25, 0.3) is 0 Å². The van der Waals surface area contributed by atoms with Crippen molar-refractivity contribution in [2.24, 2.45) is 0 Å². The first-order chi connectivity index (χ1) is 12.8. The summed E-state index contributed by atoms with van der Waals surface area (Å²) in [6.45, 7) is 2.29. The topological polar surface area (TPSA) is 50.4 Å². The summed E-state index contributed by atoms with van der Waals surface area (Å²) in [5.74, 6) is -0.132. The van der Waals surface area contributed by atoms with Crippen molar-refractivity contribution in [3.05, 3.63) is 65.2 Å². The van der Waals surface area contributed by atoms with Crippen molar-refractivity contribution >= 4 is 11.6 Å². The number of hydrogen-bond acceptors (Lipinski definition) is 3. The number of carbonyl (C=O) groups excluding carboxylic acids is 1. The molecule has 0 aliphatic rings. The summed E-state index contributed by atoms with van der Waals surface area (Å²) in [6, 6.07) is 12.4. The maximum atomic E-state index is 12.9. The molecular weight excluding hydrogens is 357 g/mol. The third-order valence-electron chi connectivity index (χ3n) is 4.03. The van der Waals surface area contributed by atoms with E-state index in [1.807, 2.05) is 24.3 Å². The smallest absolute Gasteiger partial charge is 0.383 e. The Morgan fingerprint density at radius 1 is 1.15 bits per heavy atom. The van der Waals surface area contributed by atoms with E-state index in [4.69, 9.17) is 4.74 Å². The monoisotopic (exact) mass is 380 g/mol. The van der Waals surface area contributed by atoms with E-state index in [0.29, 0.717) is 18.5 Å². The minimum Gasteiger partial charge on any atom is -0.383 e. The van der Waals surface area contributed by atoms with E-state index >= 15 is 0 Å². The van der Waals surface area contributed by atoms with Gasteiger partial charge in [0.1, 0.15) is 0 Å². The number of alkyl halides is 3. The SMILES string of the molecule is COC[C@H](NCCc1ccc(NC(C)=O)cc1)c1cccc(C(F)(F)F)c1. The molecule has 2 rings (SSSR count). The van der Waals surface area contributed by atoms with Crippen molar-refractivity contribution in [3.8, 4) is 0 Å². The molecule has 2 N–H and O–H groups in total. The van der Waals surface area contributed by atoms with Gasteiger partial charge in [0.15, 0.2) is 0 Å². The van der Waals surface area contributed by atoms with Crippen molar-refractivity contribution in [3.63, 3.8) is 0 Å². The average molecular weight is 380 g/mol. The fraction of sp³-hybridized carbons (Fsp3) is 0.350. The largest absolute Gasteiger partial charge is 0.416 e. The van der Waals surface area contributed by atoms with Crippen LogP contribution in [0.5, 0.6) is 0 Å². The lowest BCUT2D eigenvalue weighted by Gasteiger charge is -2.20. The molecule has 2 aromatic rings. The second kappa shape index (κ2) is 9.53. The van der Waals surface area contributed by atoms with E-state index in [1.165, 1.54) is 20.1 Å². The van der Waals surface area contributed by atoms with Crippen LogP contribution in [-0.4, -0.2) is 26.2 Å². The molecule has 27 heavy (non-hydrogen) atoms. The molecule has 0 fully saturated rings. The van der Waals surface area contributed by atoms with Crippen molar-refractivity contribution in [2.45, 2.75) is 25.6 Å². The Labute approximate surface area is 156 Å². The number of ether oxygens (including phenoxy) is 1. The fourth-order valence-electron chi connectivity index (χ4n) is 2.72. The first-order valence-electron chi connectivity index (χ1n) is 8.55. The Morgan fingerprint density at radius 2 is 1.85 bits per heavy atom. The Morgan fingerprint density at radius 3 is 2.44 bits per heavy atom. The van der Waals surface area contributed by atoms with Gasteiger partial charge in [-0.25, -0.2) is 0 Å². The van der Waals surface area contributed by atoms with Crippen LogP contribution in [0.4, 0.5) is 18.9 Å². The number of benzene rings is 2. The highest BCUT2D eigenvalue weighted by Gasteiger charge is 2.30. The quantitative estimate of drug-likeness (QED) is 0.722. The van der Waals surface area contributed by atoms with Crippen LogP contribution in [0, 0.1) is 0 Å². The van der Waals surface area contributed by atoms with Gasteiger partial charge in [-0.3, -0.25) is 4.79 Å². The van der Waals surface area contributed by atoms with Crippen LogP contribution in [0.15, 0.2) is 48.5 Å². The summed E-state index contributed by atoms with van der Waals surface area (Å²) < 4.78 is 43.9. The number of halogens is 3. The zero-order chi connectivity index (χ0) is 19.9. The van der Waals surface area contributed by atoms with Gasteiger partial charge in [-0.15, -0.1) is 0 Å². The summed E-state index contributed by atoms with van der Waals surface area (Å²) in [4.78, 5) is 11.0. The third-order valence-corrected chi connectivity index (χ3v) is 4.03. The van der Waals surface area contributed by atoms with E-state index in [2.05, 4.69) is 10.6 Å². The molecule has 0 saturated carbocycles. The molecule has 0 aliphatic heterocycles. The molecule has 2 aromatic carbocycles. The Bertz CT molecular complexity index is 746. The predicted molar refractivity (Wildman–Crippen MR) is 98.5 cm³/mol. The van der Waals surface area contributed by atoms with Gasteiger partial charge >= 0.3 is 6.18 Å². The minimum absolute atomic E-state index is 0.132. The van der Waals surface area contributed by atoms with Gasteiger partial charge in [-0.2, -0.15) is 13.2 Å². The first kappa shape index (κ1) is 20.9. The van der Waals surface area contributed by atoms with Crippen LogP contribution < -0.4 is 10.6 Å². The van der Waals surface area contributed by atoms with Crippen LogP contribution >= 0.6 is 0 Å². The second-order valence-electron chi connectivity index (χ2n) is 6.21. The molecule has 146 valence electrons. The maximum absolute atomic E-state index is 12.9. The van der Waals surface area contributed by atoms with Crippen LogP contribution in [0.3, 0.4) is 0 Å². The number of methoxy groups -OCH3 is 1. The van der Waals surface area contributed by atoms with Gasteiger partial charge < -0.3 is 15.4 Å². The average Bonchev–Trinajstić information content (AvgIpc) is 2.61. The molecule has 0 bridgehead atoms. The molecule has 0 radical (unpaired) electrons. The van der Waals surface area contributed by atoms with Crippen molar-refractivity contribution in [1.29, 1.82) is 0 Å². The number of rotatable bonds is 8. The maximum Gasteiger partial charge on any atom is 0.416 e. The minimum atomic E-state index is -4.37. The molecule has 0 unspecified atom stereocenters. The van der Waals surface area contributed by atoms with E-state index < -0.39 is 11.7 Å². The highest BCUT2D eigenvalue weighted by molar-refractivity contribution is 5.88. The van der Waals surface area contributed by atoms with Crippen LogP contribution in [0.2, 0.25) is 0 Å². The van der Waals surface area contributed by atoms with E-state index in [9.17, 15) is 18.0 Å². The molecule has 0 heterocycles. The lowest BCUT2D eigenvalue weighted by Crippen LogP contribution is -2.27. The van der Waals surface area contributed by atoms with Crippen molar-refractivity contribution in [1.82, 2.24) is 5.32 Å². The number of anilines is 1. The van der Waals surface area contributed by atoms with Gasteiger partial charge in [0.2, 0.25) is 5.91 Å². The Hall–Kier alpha value is -2.38. The molecule has 0 spiro atoms. The van der Waals surface area contributed by atoms with Crippen LogP contribution in [-0.2, 0) is 22.1 Å². The zero-order valence-electron chi connectivity index (χ0n) is 15.3. The summed E-state index contributed by atoms with van der Waals surface area (Å²) in [6.07, 6.45) is -3.68. The molecular formula is C20H23F3N2O2. The van der Waals surface area contributed by atoms with Crippen LogP contribution in [0.1, 0.15) is 29.7 Å². The molecule has 1 amide bonds.